The SMILES string of the molecule is CC[C@H](C)[C@H](N)C(=O)Nc1ccc2c(c1)C(=O)N(C)C2=O. The van der Waals surface area contributed by atoms with E-state index in [0.717, 1.165) is 11.3 Å². The van der Waals surface area contributed by atoms with Crippen LogP contribution >= 0.6 is 0 Å². The van der Waals surface area contributed by atoms with Gasteiger partial charge in [0.05, 0.1) is 17.2 Å². The van der Waals surface area contributed by atoms with Crippen LogP contribution in [0.3, 0.4) is 0 Å². The van der Waals surface area contributed by atoms with Gasteiger partial charge in [0, 0.05) is 12.7 Å². The fraction of sp³-hybridized carbons (Fsp3) is 0.400. The lowest BCUT2D eigenvalue weighted by molar-refractivity contribution is -0.118. The normalized spacial score (nSPS) is 16.7. The van der Waals surface area contributed by atoms with Gasteiger partial charge in [-0.05, 0) is 24.1 Å². The molecule has 3 N–H and O–H groups in total. The molecule has 0 aliphatic carbocycles. The minimum absolute atomic E-state index is 0.0637. The van der Waals surface area contributed by atoms with Gasteiger partial charge in [-0.15, -0.1) is 0 Å². The molecule has 3 amide bonds. The maximum Gasteiger partial charge on any atom is 0.261 e. The van der Waals surface area contributed by atoms with Crippen LogP contribution in [0.5, 0.6) is 0 Å². The van der Waals surface area contributed by atoms with E-state index in [1.807, 2.05) is 13.8 Å². The lowest BCUT2D eigenvalue weighted by Crippen LogP contribution is -2.40. The Morgan fingerprint density at radius 2 is 1.90 bits per heavy atom. The number of carbonyl (C=O) groups excluding carboxylic acids is 3. The summed E-state index contributed by atoms with van der Waals surface area (Å²) in [7, 11) is 1.43. The minimum Gasteiger partial charge on any atom is -0.325 e. The molecule has 21 heavy (non-hydrogen) atoms. The molecule has 2 rings (SSSR count). The summed E-state index contributed by atoms with van der Waals surface area (Å²) in [6, 6.07) is 4.05. The van der Waals surface area contributed by atoms with Crippen LogP contribution in [-0.2, 0) is 4.79 Å². The molecule has 2 atom stereocenters. The topological polar surface area (TPSA) is 92.5 Å². The molecule has 6 heteroatoms. The van der Waals surface area contributed by atoms with Gasteiger partial charge in [0.15, 0.2) is 0 Å². The van der Waals surface area contributed by atoms with Gasteiger partial charge in [-0.3, -0.25) is 19.3 Å². The highest BCUT2D eigenvalue weighted by Gasteiger charge is 2.33. The van der Waals surface area contributed by atoms with Crippen LogP contribution in [0.25, 0.3) is 0 Å². The summed E-state index contributed by atoms with van der Waals surface area (Å²) in [5.41, 5.74) is 6.99. The average Bonchev–Trinajstić information content (AvgIpc) is 2.70. The fourth-order valence-electron chi connectivity index (χ4n) is 2.18. The molecule has 0 unspecified atom stereocenters. The van der Waals surface area contributed by atoms with E-state index in [4.69, 9.17) is 5.73 Å². The summed E-state index contributed by atoms with van der Waals surface area (Å²) in [5, 5.41) is 2.69. The van der Waals surface area contributed by atoms with Gasteiger partial charge >= 0.3 is 0 Å². The first-order valence-electron chi connectivity index (χ1n) is 6.89. The van der Waals surface area contributed by atoms with E-state index in [2.05, 4.69) is 5.32 Å². The molecule has 1 aliphatic heterocycles. The van der Waals surface area contributed by atoms with Crippen LogP contribution in [0.15, 0.2) is 18.2 Å². The molecule has 6 nitrogen and oxygen atoms in total. The Morgan fingerprint density at radius 1 is 1.29 bits per heavy atom. The number of fused-ring (bicyclic) bond motifs is 1. The molecule has 0 bridgehead atoms. The Balaban J connectivity index is 2.20. The van der Waals surface area contributed by atoms with Crippen molar-refractivity contribution in [3.63, 3.8) is 0 Å². The number of hydrogen-bond acceptors (Lipinski definition) is 4. The van der Waals surface area contributed by atoms with Crippen molar-refractivity contribution in [3.05, 3.63) is 29.3 Å². The van der Waals surface area contributed by atoms with E-state index in [0.29, 0.717) is 16.8 Å². The van der Waals surface area contributed by atoms with Crippen LogP contribution in [0.4, 0.5) is 5.69 Å². The Morgan fingerprint density at radius 3 is 2.52 bits per heavy atom. The van der Waals surface area contributed by atoms with E-state index in [1.165, 1.54) is 13.1 Å². The highest BCUT2D eigenvalue weighted by molar-refractivity contribution is 6.21. The van der Waals surface area contributed by atoms with E-state index in [1.54, 1.807) is 12.1 Å². The van der Waals surface area contributed by atoms with Crippen molar-refractivity contribution >= 4 is 23.4 Å². The van der Waals surface area contributed by atoms with Gasteiger partial charge in [-0.2, -0.15) is 0 Å². The number of carbonyl (C=O) groups is 3. The number of hydrogen-bond donors (Lipinski definition) is 2. The van der Waals surface area contributed by atoms with Crippen molar-refractivity contribution in [2.45, 2.75) is 26.3 Å². The summed E-state index contributed by atoms with van der Waals surface area (Å²) in [4.78, 5) is 36.8. The zero-order chi connectivity index (χ0) is 15.7. The Bertz CT molecular complexity index is 612. The van der Waals surface area contributed by atoms with Crippen LogP contribution in [0.1, 0.15) is 41.0 Å². The second kappa shape index (κ2) is 5.65. The number of nitrogens with two attached hydrogens (primary N) is 1. The van der Waals surface area contributed by atoms with Crippen LogP contribution in [0.2, 0.25) is 0 Å². The number of rotatable bonds is 4. The standard InChI is InChI=1S/C15H19N3O3/c1-4-8(2)12(16)13(19)17-9-5-6-10-11(7-9)15(21)18(3)14(10)20/h5-8,12H,4,16H2,1-3H3,(H,17,19)/t8-,12-/m0/s1. The first-order valence-corrected chi connectivity index (χ1v) is 6.89. The number of amides is 3. The number of benzene rings is 1. The van der Waals surface area contributed by atoms with Crippen molar-refractivity contribution in [1.29, 1.82) is 0 Å². The Kier molecular flexibility index (Phi) is 4.09. The maximum atomic E-state index is 12.0. The van der Waals surface area contributed by atoms with Crippen molar-refractivity contribution < 1.29 is 14.4 Å². The Hall–Kier alpha value is -2.21. The molecule has 1 heterocycles. The summed E-state index contributed by atoms with van der Waals surface area (Å²) in [6.07, 6.45) is 0.802. The van der Waals surface area contributed by atoms with Gasteiger partial charge in [0.2, 0.25) is 5.91 Å². The van der Waals surface area contributed by atoms with Gasteiger partial charge in [-0.25, -0.2) is 0 Å². The van der Waals surface area contributed by atoms with Crippen molar-refractivity contribution in [2.24, 2.45) is 11.7 Å². The quantitative estimate of drug-likeness (QED) is 0.815. The third-order valence-electron chi connectivity index (χ3n) is 3.92. The summed E-state index contributed by atoms with van der Waals surface area (Å²) in [5.74, 6) is -0.926. The minimum atomic E-state index is -0.608. The second-order valence-corrected chi connectivity index (χ2v) is 5.33. The van der Waals surface area contributed by atoms with Gasteiger partial charge in [-0.1, -0.05) is 20.3 Å². The first kappa shape index (κ1) is 15.2. The Labute approximate surface area is 123 Å². The van der Waals surface area contributed by atoms with Crippen LogP contribution in [-0.4, -0.2) is 35.7 Å². The van der Waals surface area contributed by atoms with E-state index < -0.39 is 6.04 Å². The molecule has 0 radical (unpaired) electrons. The van der Waals surface area contributed by atoms with Gasteiger partial charge < -0.3 is 11.1 Å². The maximum absolute atomic E-state index is 12.0. The molecule has 0 fully saturated rings. The van der Waals surface area contributed by atoms with Crippen molar-refractivity contribution in [2.75, 3.05) is 12.4 Å². The zero-order valence-electron chi connectivity index (χ0n) is 12.3. The lowest BCUT2D eigenvalue weighted by atomic mass is 9.99. The van der Waals surface area contributed by atoms with E-state index in [9.17, 15) is 14.4 Å². The fourth-order valence-corrected chi connectivity index (χ4v) is 2.18. The van der Waals surface area contributed by atoms with Crippen molar-refractivity contribution in [3.8, 4) is 0 Å². The summed E-state index contributed by atoms with van der Waals surface area (Å²) in [6.45, 7) is 3.87. The molecule has 1 aromatic rings. The monoisotopic (exact) mass is 289 g/mol. The number of imide groups is 1. The molecular formula is C15H19N3O3. The zero-order valence-corrected chi connectivity index (χ0v) is 12.3. The largest absolute Gasteiger partial charge is 0.325 e. The van der Waals surface area contributed by atoms with Crippen molar-refractivity contribution in [1.82, 2.24) is 4.90 Å². The predicted molar refractivity (Wildman–Crippen MR) is 78.9 cm³/mol. The van der Waals surface area contributed by atoms with Gasteiger partial charge in [0.25, 0.3) is 11.8 Å². The highest BCUT2D eigenvalue weighted by Crippen LogP contribution is 2.25. The third-order valence-corrected chi connectivity index (χ3v) is 3.92. The number of nitrogens with one attached hydrogen (secondary N) is 1. The lowest BCUT2D eigenvalue weighted by Gasteiger charge is -2.17. The third kappa shape index (κ3) is 2.67. The molecule has 112 valence electrons. The molecule has 0 aromatic heterocycles. The molecule has 0 spiro atoms. The summed E-state index contributed by atoms with van der Waals surface area (Å²) < 4.78 is 0. The molecule has 1 aromatic carbocycles. The highest BCUT2D eigenvalue weighted by atomic mass is 16.2. The van der Waals surface area contributed by atoms with E-state index >= 15 is 0 Å². The predicted octanol–water partition coefficient (Wildman–Crippen LogP) is 1.22. The smallest absolute Gasteiger partial charge is 0.261 e. The number of nitrogens with zero attached hydrogens (tertiary/aromatic N) is 1. The first-order chi connectivity index (χ1) is 9.86. The number of anilines is 1. The summed E-state index contributed by atoms with van der Waals surface area (Å²) >= 11 is 0. The molecule has 1 aliphatic rings. The molecule has 0 saturated carbocycles. The second-order valence-electron chi connectivity index (χ2n) is 5.33. The van der Waals surface area contributed by atoms with Crippen LogP contribution < -0.4 is 11.1 Å². The van der Waals surface area contributed by atoms with Gasteiger partial charge in [0.1, 0.15) is 0 Å². The molecular weight excluding hydrogens is 270 g/mol. The van der Waals surface area contributed by atoms with E-state index in [-0.39, 0.29) is 23.6 Å². The van der Waals surface area contributed by atoms with Crippen LogP contribution in [0, 0.1) is 5.92 Å². The average molecular weight is 289 g/mol. The molecule has 0 saturated heterocycles.